The Morgan fingerprint density at radius 1 is 0.966 bits per heavy atom. The van der Waals surface area contributed by atoms with Crippen molar-refractivity contribution < 1.29 is 9.59 Å². The fourth-order valence-corrected chi connectivity index (χ4v) is 3.97. The Kier molecular flexibility index (Phi) is 6.80. The van der Waals surface area contributed by atoms with Crippen LogP contribution in [0.25, 0.3) is 0 Å². The molecule has 0 atom stereocenters. The molecule has 2 N–H and O–H groups in total. The van der Waals surface area contributed by atoms with Crippen LogP contribution < -0.4 is 5.73 Å². The van der Waals surface area contributed by atoms with Crippen molar-refractivity contribution in [1.29, 1.82) is 0 Å². The van der Waals surface area contributed by atoms with Crippen molar-refractivity contribution in [3.63, 3.8) is 0 Å². The summed E-state index contributed by atoms with van der Waals surface area (Å²) in [5.41, 5.74) is 8.19. The number of carbonyl (C=O) groups excluding carboxylic acids is 2. The lowest BCUT2D eigenvalue weighted by Gasteiger charge is -2.34. The quantitative estimate of drug-likeness (QED) is 0.759. The van der Waals surface area contributed by atoms with Gasteiger partial charge < -0.3 is 15.5 Å². The Bertz CT molecular complexity index is 846. The summed E-state index contributed by atoms with van der Waals surface area (Å²) in [6.07, 6.45) is 3.66. The van der Waals surface area contributed by atoms with Crippen molar-refractivity contribution in [1.82, 2.24) is 9.80 Å². The number of benzene rings is 2. The van der Waals surface area contributed by atoms with Crippen LogP contribution in [0.4, 0.5) is 5.69 Å². The lowest BCUT2D eigenvalue weighted by atomic mass is 9.94. The normalized spacial score (nSPS) is 16.8. The molecule has 0 radical (unpaired) electrons. The third kappa shape index (κ3) is 5.10. The van der Waals surface area contributed by atoms with E-state index in [9.17, 15) is 9.59 Å². The Labute approximate surface area is 178 Å². The molecular formula is C23H28ClN3O2. The van der Waals surface area contributed by atoms with Crippen LogP contribution in [-0.2, 0) is 11.3 Å². The van der Waals surface area contributed by atoms with E-state index < -0.39 is 0 Å². The summed E-state index contributed by atoms with van der Waals surface area (Å²) in [6, 6.07) is 17.7. The molecule has 1 aliphatic heterocycles. The maximum Gasteiger partial charge on any atom is 0.253 e. The molecule has 4 rings (SSSR count). The fourth-order valence-electron chi connectivity index (χ4n) is 3.97. The van der Waals surface area contributed by atoms with E-state index >= 15 is 0 Å². The molecule has 2 amide bonds. The number of amides is 2. The van der Waals surface area contributed by atoms with Crippen LogP contribution in [0, 0.1) is 5.92 Å². The van der Waals surface area contributed by atoms with Gasteiger partial charge in [-0.15, -0.1) is 12.4 Å². The minimum Gasteiger partial charge on any atom is -0.399 e. The topological polar surface area (TPSA) is 66.6 Å². The Hall–Kier alpha value is -2.53. The Morgan fingerprint density at radius 3 is 2.28 bits per heavy atom. The van der Waals surface area contributed by atoms with Gasteiger partial charge in [0.05, 0.1) is 0 Å². The molecule has 2 aromatic rings. The zero-order valence-corrected chi connectivity index (χ0v) is 17.3. The van der Waals surface area contributed by atoms with Crippen molar-refractivity contribution in [2.45, 2.75) is 38.3 Å². The maximum atomic E-state index is 13.2. The minimum absolute atomic E-state index is 0. The maximum absolute atomic E-state index is 13.2. The number of carbonyl (C=O) groups is 2. The van der Waals surface area contributed by atoms with Crippen molar-refractivity contribution in [3.8, 4) is 0 Å². The molecule has 2 fully saturated rings. The molecule has 154 valence electrons. The number of hydrogen-bond donors (Lipinski definition) is 1. The zero-order valence-electron chi connectivity index (χ0n) is 16.5. The van der Waals surface area contributed by atoms with Crippen molar-refractivity contribution >= 4 is 29.9 Å². The van der Waals surface area contributed by atoms with Crippen molar-refractivity contribution in [3.05, 3.63) is 65.7 Å². The summed E-state index contributed by atoms with van der Waals surface area (Å²) < 4.78 is 0. The molecule has 5 nitrogen and oxygen atoms in total. The van der Waals surface area contributed by atoms with Gasteiger partial charge in [-0.3, -0.25) is 9.59 Å². The highest BCUT2D eigenvalue weighted by molar-refractivity contribution is 5.95. The second-order valence-electron chi connectivity index (χ2n) is 7.87. The summed E-state index contributed by atoms with van der Waals surface area (Å²) in [4.78, 5) is 29.8. The van der Waals surface area contributed by atoms with E-state index in [0.29, 0.717) is 36.9 Å². The van der Waals surface area contributed by atoms with Crippen molar-refractivity contribution in [2.24, 2.45) is 5.92 Å². The number of nitrogen functional groups attached to an aromatic ring is 1. The van der Waals surface area contributed by atoms with Gasteiger partial charge in [0.1, 0.15) is 0 Å². The van der Waals surface area contributed by atoms with Crippen LogP contribution >= 0.6 is 12.4 Å². The first kappa shape index (κ1) is 21.2. The number of nitrogens with two attached hydrogens (primary N) is 1. The predicted molar refractivity (Wildman–Crippen MR) is 117 cm³/mol. The van der Waals surface area contributed by atoms with E-state index in [1.54, 1.807) is 24.3 Å². The molecule has 2 aliphatic rings. The average Bonchev–Trinajstić information content (AvgIpc) is 3.57. The molecule has 0 bridgehead atoms. The van der Waals surface area contributed by atoms with E-state index in [4.69, 9.17) is 5.73 Å². The molecule has 0 unspecified atom stereocenters. The molecule has 1 saturated carbocycles. The molecule has 1 heterocycles. The number of nitrogens with zero attached hydrogens (tertiary/aromatic N) is 2. The van der Waals surface area contributed by atoms with Gasteiger partial charge in [0.2, 0.25) is 5.91 Å². The Morgan fingerprint density at radius 2 is 1.66 bits per heavy atom. The minimum atomic E-state index is 0. The van der Waals surface area contributed by atoms with Crippen molar-refractivity contribution in [2.75, 3.05) is 18.8 Å². The summed E-state index contributed by atoms with van der Waals surface area (Å²) in [5, 5.41) is 0. The van der Waals surface area contributed by atoms with E-state index in [1.165, 1.54) is 5.56 Å². The summed E-state index contributed by atoms with van der Waals surface area (Å²) in [6.45, 7) is 1.93. The summed E-state index contributed by atoms with van der Waals surface area (Å²) in [7, 11) is 0. The largest absolute Gasteiger partial charge is 0.399 e. The molecular weight excluding hydrogens is 386 g/mol. The van der Waals surface area contributed by atoms with Gasteiger partial charge in [-0.25, -0.2) is 0 Å². The van der Waals surface area contributed by atoms with Gasteiger partial charge in [-0.2, -0.15) is 0 Å². The van der Waals surface area contributed by atoms with Crippen LogP contribution in [0.2, 0.25) is 0 Å². The highest BCUT2D eigenvalue weighted by atomic mass is 35.5. The second kappa shape index (κ2) is 9.31. The van der Waals surface area contributed by atoms with Gasteiger partial charge in [0.25, 0.3) is 5.91 Å². The number of rotatable bonds is 5. The fraction of sp³-hybridized carbons (Fsp3) is 0.391. The molecule has 2 aromatic carbocycles. The van der Waals surface area contributed by atoms with Crippen LogP contribution in [-0.4, -0.2) is 40.7 Å². The average molecular weight is 414 g/mol. The number of halogens is 1. The van der Waals surface area contributed by atoms with Crippen LogP contribution in [0.3, 0.4) is 0 Å². The van der Waals surface area contributed by atoms with E-state index in [1.807, 2.05) is 23.1 Å². The lowest BCUT2D eigenvalue weighted by molar-refractivity contribution is -0.138. The molecule has 6 heteroatoms. The van der Waals surface area contributed by atoms with Crippen LogP contribution in [0.5, 0.6) is 0 Å². The molecule has 1 saturated heterocycles. The monoisotopic (exact) mass is 413 g/mol. The van der Waals surface area contributed by atoms with Gasteiger partial charge in [0, 0.05) is 42.8 Å². The SMILES string of the molecule is Cl.Nc1cccc(C(=O)N2CCC(C(=O)N(Cc3ccccc3)C3CC3)CC2)c1. The number of piperidine rings is 1. The number of likely N-dealkylation sites (tertiary alicyclic amines) is 1. The highest BCUT2D eigenvalue weighted by Crippen LogP contribution is 2.32. The third-order valence-corrected chi connectivity index (χ3v) is 5.73. The molecule has 1 aliphatic carbocycles. The molecule has 0 spiro atoms. The van der Waals surface area contributed by atoms with E-state index in [-0.39, 0.29) is 30.1 Å². The van der Waals surface area contributed by atoms with Gasteiger partial charge in [0.15, 0.2) is 0 Å². The highest BCUT2D eigenvalue weighted by Gasteiger charge is 2.37. The summed E-state index contributed by atoms with van der Waals surface area (Å²) in [5.74, 6) is 0.262. The standard InChI is InChI=1S/C23H27N3O2.ClH/c24-20-8-4-7-19(15-20)22(27)25-13-11-18(12-14-25)23(28)26(21-9-10-21)16-17-5-2-1-3-6-17;/h1-8,15,18,21H,9-14,16,24H2;1H. The predicted octanol–water partition coefficient (Wildman–Crippen LogP) is 3.73. The van der Waals surface area contributed by atoms with E-state index in [0.717, 1.165) is 25.7 Å². The number of anilines is 1. The molecule has 29 heavy (non-hydrogen) atoms. The summed E-state index contributed by atoms with van der Waals surface area (Å²) >= 11 is 0. The lowest BCUT2D eigenvalue weighted by Crippen LogP contribution is -2.44. The van der Waals surface area contributed by atoms with Crippen LogP contribution in [0.15, 0.2) is 54.6 Å². The Balaban J connectivity index is 0.00000240. The van der Waals surface area contributed by atoms with Gasteiger partial charge >= 0.3 is 0 Å². The first-order valence-electron chi connectivity index (χ1n) is 10.1. The van der Waals surface area contributed by atoms with Crippen LogP contribution in [0.1, 0.15) is 41.6 Å². The number of hydrogen-bond acceptors (Lipinski definition) is 3. The first-order valence-corrected chi connectivity index (χ1v) is 10.1. The van der Waals surface area contributed by atoms with Gasteiger partial charge in [-0.05, 0) is 49.4 Å². The zero-order chi connectivity index (χ0) is 19.5. The first-order chi connectivity index (χ1) is 13.6. The van der Waals surface area contributed by atoms with Gasteiger partial charge in [-0.1, -0.05) is 36.4 Å². The smallest absolute Gasteiger partial charge is 0.253 e. The second-order valence-corrected chi connectivity index (χ2v) is 7.87. The third-order valence-electron chi connectivity index (χ3n) is 5.73. The van der Waals surface area contributed by atoms with E-state index in [2.05, 4.69) is 17.0 Å². The molecule has 0 aromatic heterocycles.